The second-order valence-electron chi connectivity index (χ2n) is 2.63. The molecule has 0 saturated carbocycles. The lowest BCUT2D eigenvalue weighted by atomic mass is 10.2. The van der Waals surface area contributed by atoms with Gasteiger partial charge in [0.1, 0.15) is 6.07 Å². The molecule has 0 bridgehead atoms. The number of fused-ring (bicyclic) bond motifs is 1. The van der Waals surface area contributed by atoms with Gasteiger partial charge < -0.3 is 5.32 Å². The molecule has 0 aliphatic carbocycles. The molecule has 1 N–H and O–H groups in total. The molecule has 4 heteroatoms. The summed E-state index contributed by atoms with van der Waals surface area (Å²) in [6.45, 7) is 0. The van der Waals surface area contributed by atoms with Crippen molar-refractivity contribution < 1.29 is 0 Å². The normalized spacial score (nSPS) is 9.85. The van der Waals surface area contributed by atoms with E-state index in [-0.39, 0.29) is 0 Å². The summed E-state index contributed by atoms with van der Waals surface area (Å²) in [5.74, 6) is 0. The molecule has 0 spiro atoms. The first-order chi connectivity index (χ1) is 6.36. The molecule has 13 heavy (non-hydrogen) atoms. The van der Waals surface area contributed by atoms with E-state index in [1.165, 1.54) is 0 Å². The maximum atomic E-state index is 8.81. The molecule has 2 aromatic heterocycles. The van der Waals surface area contributed by atoms with Crippen LogP contribution < -0.4 is 5.32 Å². The van der Waals surface area contributed by atoms with Crippen molar-refractivity contribution in [2.75, 3.05) is 12.4 Å². The molecule has 0 radical (unpaired) electrons. The zero-order valence-corrected chi connectivity index (χ0v) is 7.15. The lowest BCUT2D eigenvalue weighted by molar-refractivity contribution is 0.938. The summed E-state index contributed by atoms with van der Waals surface area (Å²) in [5, 5.41) is 15.9. The largest absolute Gasteiger partial charge is 0.385 e. The van der Waals surface area contributed by atoms with E-state index >= 15 is 0 Å². The highest BCUT2D eigenvalue weighted by Gasteiger charge is 2.05. The Bertz CT molecular complexity index is 478. The van der Waals surface area contributed by atoms with Crippen molar-refractivity contribution in [2.45, 2.75) is 0 Å². The molecule has 64 valence electrons. The van der Waals surface area contributed by atoms with Crippen molar-refractivity contribution in [1.29, 1.82) is 5.26 Å². The predicted molar refractivity (Wildman–Crippen MR) is 49.5 cm³/mol. The van der Waals surface area contributed by atoms with Crippen LogP contribution in [0.4, 0.5) is 5.69 Å². The lowest BCUT2D eigenvalue weighted by Crippen LogP contribution is -1.98. The number of hydrogen-bond acceptors (Lipinski definition) is 3. The SMILES string of the molecule is CNc1c(C#N)cnn2cccc12. The Balaban J connectivity index is 2.84. The van der Waals surface area contributed by atoms with E-state index in [1.807, 2.05) is 18.3 Å². The fourth-order valence-electron chi connectivity index (χ4n) is 1.34. The minimum Gasteiger partial charge on any atom is -0.385 e. The molecule has 0 aliphatic heterocycles. The molecule has 0 atom stereocenters. The van der Waals surface area contributed by atoms with Gasteiger partial charge in [-0.15, -0.1) is 0 Å². The first kappa shape index (κ1) is 7.62. The summed E-state index contributed by atoms with van der Waals surface area (Å²) in [6, 6.07) is 5.90. The van der Waals surface area contributed by atoms with E-state index in [9.17, 15) is 0 Å². The smallest absolute Gasteiger partial charge is 0.103 e. The number of rotatable bonds is 1. The van der Waals surface area contributed by atoms with Gasteiger partial charge in [-0.3, -0.25) is 0 Å². The first-order valence-electron chi connectivity index (χ1n) is 3.91. The predicted octanol–water partition coefficient (Wildman–Crippen LogP) is 1.25. The molecule has 2 heterocycles. The molecule has 4 nitrogen and oxygen atoms in total. The highest BCUT2D eigenvalue weighted by atomic mass is 15.2. The zero-order valence-electron chi connectivity index (χ0n) is 7.15. The third-order valence-electron chi connectivity index (χ3n) is 1.94. The Morgan fingerprint density at radius 3 is 3.15 bits per heavy atom. The van der Waals surface area contributed by atoms with E-state index in [2.05, 4.69) is 16.5 Å². The van der Waals surface area contributed by atoms with Gasteiger partial charge in [0.2, 0.25) is 0 Å². The number of anilines is 1. The van der Waals surface area contributed by atoms with Crippen LogP contribution in [0.15, 0.2) is 24.5 Å². The molecule has 0 fully saturated rings. The Hall–Kier alpha value is -2.02. The minimum absolute atomic E-state index is 0.564. The Morgan fingerprint density at radius 1 is 1.62 bits per heavy atom. The van der Waals surface area contributed by atoms with Gasteiger partial charge in [-0.05, 0) is 12.1 Å². The summed E-state index contributed by atoms with van der Waals surface area (Å²) >= 11 is 0. The van der Waals surface area contributed by atoms with Crippen LogP contribution in [0, 0.1) is 11.3 Å². The molecule has 0 amide bonds. The molecular formula is C9H8N4. The van der Waals surface area contributed by atoms with Gasteiger partial charge in [-0.1, -0.05) is 0 Å². The Kier molecular flexibility index (Phi) is 1.64. The van der Waals surface area contributed by atoms with Crippen LogP contribution in [0.25, 0.3) is 5.52 Å². The molecule has 0 unspecified atom stereocenters. The maximum absolute atomic E-state index is 8.81. The number of aromatic nitrogens is 2. The van der Waals surface area contributed by atoms with E-state index < -0.39 is 0 Å². The van der Waals surface area contributed by atoms with Gasteiger partial charge >= 0.3 is 0 Å². The third-order valence-corrected chi connectivity index (χ3v) is 1.94. The van der Waals surface area contributed by atoms with Crippen molar-refractivity contribution in [2.24, 2.45) is 0 Å². The van der Waals surface area contributed by atoms with Crippen LogP contribution in [-0.4, -0.2) is 16.7 Å². The topological polar surface area (TPSA) is 53.1 Å². The summed E-state index contributed by atoms with van der Waals surface area (Å²) in [7, 11) is 1.79. The Morgan fingerprint density at radius 2 is 2.46 bits per heavy atom. The summed E-state index contributed by atoms with van der Waals surface area (Å²) in [4.78, 5) is 0. The summed E-state index contributed by atoms with van der Waals surface area (Å²) in [5.41, 5.74) is 2.30. The molecule has 0 aliphatic rings. The van der Waals surface area contributed by atoms with Crippen molar-refractivity contribution in [3.05, 3.63) is 30.1 Å². The molecule has 2 aromatic rings. The van der Waals surface area contributed by atoms with Gasteiger partial charge in [0, 0.05) is 13.2 Å². The van der Waals surface area contributed by atoms with E-state index in [1.54, 1.807) is 17.8 Å². The second kappa shape index (κ2) is 2.79. The zero-order chi connectivity index (χ0) is 9.26. The second-order valence-corrected chi connectivity index (χ2v) is 2.63. The highest BCUT2D eigenvalue weighted by molar-refractivity contribution is 5.77. The standard InChI is InChI=1S/C9H8N4/c1-11-9-7(5-10)6-12-13-4-2-3-8(9)13/h2-4,6,11H,1H3. The average molecular weight is 172 g/mol. The number of nitrogens with zero attached hydrogens (tertiary/aromatic N) is 3. The van der Waals surface area contributed by atoms with Crippen molar-refractivity contribution in [1.82, 2.24) is 9.61 Å². The molecule has 0 saturated heterocycles. The van der Waals surface area contributed by atoms with Gasteiger partial charge in [0.15, 0.2) is 0 Å². The third kappa shape index (κ3) is 1.02. The maximum Gasteiger partial charge on any atom is 0.103 e. The van der Waals surface area contributed by atoms with E-state index in [4.69, 9.17) is 5.26 Å². The van der Waals surface area contributed by atoms with E-state index in [0.717, 1.165) is 11.2 Å². The van der Waals surface area contributed by atoms with Crippen LogP contribution in [0.1, 0.15) is 5.56 Å². The summed E-state index contributed by atoms with van der Waals surface area (Å²) < 4.78 is 1.73. The highest BCUT2D eigenvalue weighted by Crippen LogP contribution is 2.19. The molecular weight excluding hydrogens is 164 g/mol. The molecule has 2 rings (SSSR count). The Labute approximate surface area is 75.4 Å². The fourth-order valence-corrected chi connectivity index (χ4v) is 1.34. The van der Waals surface area contributed by atoms with Crippen LogP contribution >= 0.6 is 0 Å². The van der Waals surface area contributed by atoms with Crippen LogP contribution in [0.3, 0.4) is 0 Å². The van der Waals surface area contributed by atoms with Crippen molar-refractivity contribution in [3.63, 3.8) is 0 Å². The minimum atomic E-state index is 0.564. The average Bonchev–Trinajstić information content (AvgIpc) is 2.63. The van der Waals surface area contributed by atoms with Gasteiger partial charge in [0.05, 0.1) is 23.0 Å². The van der Waals surface area contributed by atoms with Crippen molar-refractivity contribution >= 4 is 11.2 Å². The summed E-state index contributed by atoms with van der Waals surface area (Å²) in [6.07, 6.45) is 3.40. The van der Waals surface area contributed by atoms with Crippen molar-refractivity contribution in [3.8, 4) is 6.07 Å². The first-order valence-corrected chi connectivity index (χ1v) is 3.91. The molecule has 0 aromatic carbocycles. The van der Waals surface area contributed by atoms with Gasteiger partial charge in [-0.2, -0.15) is 10.4 Å². The van der Waals surface area contributed by atoms with Crippen LogP contribution in [-0.2, 0) is 0 Å². The number of nitriles is 1. The number of nitrogens with one attached hydrogen (secondary N) is 1. The van der Waals surface area contributed by atoms with Gasteiger partial charge in [0.25, 0.3) is 0 Å². The lowest BCUT2D eigenvalue weighted by Gasteiger charge is -2.04. The monoisotopic (exact) mass is 172 g/mol. The number of hydrogen-bond donors (Lipinski definition) is 1. The van der Waals surface area contributed by atoms with Gasteiger partial charge in [-0.25, -0.2) is 4.52 Å². The quantitative estimate of drug-likeness (QED) is 0.704. The van der Waals surface area contributed by atoms with E-state index in [0.29, 0.717) is 5.56 Å². The fraction of sp³-hybridized carbons (Fsp3) is 0.111. The van der Waals surface area contributed by atoms with Crippen LogP contribution in [0.2, 0.25) is 0 Å². The van der Waals surface area contributed by atoms with Crippen LogP contribution in [0.5, 0.6) is 0 Å².